The van der Waals surface area contributed by atoms with E-state index in [0.29, 0.717) is 23.7 Å². The molecule has 2 atom stereocenters. The molecule has 6 nitrogen and oxygen atoms in total. The Morgan fingerprint density at radius 3 is 2.77 bits per heavy atom. The van der Waals surface area contributed by atoms with Crippen LogP contribution in [0.4, 0.5) is 0 Å². The summed E-state index contributed by atoms with van der Waals surface area (Å²) in [6, 6.07) is 2.02. The first-order chi connectivity index (χ1) is 12.6. The lowest BCUT2D eigenvalue weighted by molar-refractivity contribution is -0.137. The van der Waals surface area contributed by atoms with Crippen LogP contribution < -0.4 is 10.9 Å². The average Bonchev–Trinajstić information content (AvgIpc) is 3.07. The number of hydrogen-bond donors (Lipinski definition) is 4. The van der Waals surface area contributed by atoms with Crippen molar-refractivity contribution in [2.45, 2.75) is 37.7 Å². The van der Waals surface area contributed by atoms with Crippen molar-refractivity contribution in [3.63, 3.8) is 0 Å². The van der Waals surface area contributed by atoms with E-state index in [4.69, 9.17) is 5.10 Å². The normalized spacial score (nSPS) is 35.9. The quantitative estimate of drug-likeness (QED) is 0.369. The molecule has 6 rings (SSSR count). The highest BCUT2D eigenvalue weighted by Crippen LogP contribution is 2.59. The lowest BCUT2D eigenvalue weighted by Crippen LogP contribution is -2.57. The highest BCUT2D eigenvalue weighted by molar-refractivity contribution is 6.49. The van der Waals surface area contributed by atoms with Gasteiger partial charge in [0.25, 0.3) is 0 Å². The summed E-state index contributed by atoms with van der Waals surface area (Å²) in [5.74, 6) is 1.91. The molecule has 4 aliphatic carbocycles. The molecule has 136 valence electrons. The molecule has 0 aliphatic heterocycles. The minimum atomic E-state index is -0.459. The van der Waals surface area contributed by atoms with Crippen LogP contribution in [0.15, 0.2) is 23.6 Å². The van der Waals surface area contributed by atoms with Gasteiger partial charge in [-0.25, -0.2) is 4.98 Å². The third-order valence-corrected chi connectivity index (χ3v) is 6.88. The van der Waals surface area contributed by atoms with Crippen LogP contribution >= 0.6 is 0 Å². The monoisotopic (exact) mass is 352 g/mol. The Labute approximate surface area is 153 Å². The van der Waals surface area contributed by atoms with E-state index < -0.39 is 5.60 Å². The number of aromatic nitrogens is 2. The van der Waals surface area contributed by atoms with E-state index in [1.807, 2.05) is 19.3 Å². The van der Waals surface area contributed by atoms with Crippen LogP contribution in [0.1, 0.15) is 37.7 Å². The molecule has 4 fully saturated rings. The predicted octanol–water partition coefficient (Wildman–Crippen LogP) is 0.643. The van der Waals surface area contributed by atoms with Gasteiger partial charge in [-0.2, -0.15) is 5.10 Å². The molecule has 0 saturated heterocycles. The molecule has 2 unspecified atom stereocenters. The number of nitrogens with one attached hydrogen (secondary N) is 2. The molecule has 4 bridgehead atoms. The third kappa shape index (κ3) is 2.33. The largest absolute Gasteiger partial charge is 0.449 e. The van der Waals surface area contributed by atoms with Crippen molar-refractivity contribution in [2.24, 2.45) is 28.8 Å². The second-order valence-corrected chi connectivity index (χ2v) is 8.50. The number of rotatable bonds is 4. The first-order valence-corrected chi connectivity index (χ1v) is 9.65. The van der Waals surface area contributed by atoms with E-state index in [1.54, 1.807) is 6.20 Å². The number of pyridine rings is 1. The molecule has 26 heavy (non-hydrogen) atoms. The van der Waals surface area contributed by atoms with E-state index in [1.165, 1.54) is 12.8 Å². The molecule has 4 aliphatic rings. The van der Waals surface area contributed by atoms with Crippen LogP contribution in [0.5, 0.6) is 0 Å². The topological polar surface area (TPSA) is 93.5 Å². The molecule has 2 aromatic heterocycles. The van der Waals surface area contributed by atoms with E-state index in [-0.39, 0.29) is 7.48 Å². The van der Waals surface area contributed by atoms with Gasteiger partial charge < -0.3 is 20.5 Å². The van der Waals surface area contributed by atoms with Gasteiger partial charge in [0.1, 0.15) is 5.65 Å². The Morgan fingerprint density at radius 2 is 2.12 bits per heavy atom. The number of aliphatic hydroxyl groups is 1. The van der Waals surface area contributed by atoms with Gasteiger partial charge in [0.05, 0.1) is 11.3 Å². The standard InChI is InChI=1S/C19H25BN4O2/c1-21-24-17(16-13-2-3-22-18(13)23-9-14(16)20-26)15-11-4-10-5-12(15)8-19(25,6-10)7-11/h2-3,9-12,15,20-21,25-26H,4-8H2,1H3,(H,22,23)/b24-17-. The van der Waals surface area contributed by atoms with Gasteiger partial charge in [-0.15, -0.1) is 0 Å². The van der Waals surface area contributed by atoms with Gasteiger partial charge >= 0.3 is 7.48 Å². The summed E-state index contributed by atoms with van der Waals surface area (Å²) in [5.41, 5.74) is 6.23. The molecule has 0 spiro atoms. The molecule has 2 heterocycles. The summed E-state index contributed by atoms with van der Waals surface area (Å²) in [7, 11) is 1.78. The zero-order valence-corrected chi connectivity index (χ0v) is 15.1. The number of aromatic amines is 1. The molecule has 7 heteroatoms. The predicted molar refractivity (Wildman–Crippen MR) is 103 cm³/mol. The number of fused-ring (bicyclic) bond motifs is 1. The van der Waals surface area contributed by atoms with Crippen molar-refractivity contribution in [3.8, 4) is 0 Å². The summed E-state index contributed by atoms with van der Waals surface area (Å²) < 4.78 is 0. The maximum absolute atomic E-state index is 10.9. The smallest absolute Gasteiger partial charge is 0.307 e. The van der Waals surface area contributed by atoms with Gasteiger partial charge in [0.2, 0.25) is 0 Å². The molecule has 0 aromatic carbocycles. The van der Waals surface area contributed by atoms with Crippen molar-refractivity contribution in [3.05, 3.63) is 24.0 Å². The second-order valence-electron chi connectivity index (χ2n) is 8.50. The molecule has 2 aromatic rings. The summed E-state index contributed by atoms with van der Waals surface area (Å²) in [6.45, 7) is 0. The zero-order chi connectivity index (χ0) is 17.9. The van der Waals surface area contributed by atoms with Crippen molar-refractivity contribution in [1.29, 1.82) is 0 Å². The highest BCUT2D eigenvalue weighted by atomic mass is 16.3. The Hall–Kier alpha value is -1.86. The summed E-state index contributed by atoms with van der Waals surface area (Å²) in [6.07, 6.45) is 8.74. The highest BCUT2D eigenvalue weighted by Gasteiger charge is 2.56. The first-order valence-electron chi connectivity index (χ1n) is 9.65. The third-order valence-electron chi connectivity index (χ3n) is 6.88. The van der Waals surface area contributed by atoms with Gasteiger partial charge in [0, 0.05) is 36.3 Å². The second kappa shape index (κ2) is 5.82. The molecule has 0 radical (unpaired) electrons. The van der Waals surface area contributed by atoms with Gasteiger partial charge in [-0.3, -0.25) is 0 Å². The van der Waals surface area contributed by atoms with Crippen LogP contribution in [0, 0.1) is 23.7 Å². The number of hydrazone groups is 1. The zero-order valence-electron chi connectivity index (χ0n) is 15.1. The number of H-pyrrole nitrogens is 1. The molecule has 4 N–H and O–H groups in total. The minimum absolute atomic E-state index is 0.0548. The van der Waals surface area contributed by atoms with Crippen molar-refractivity contribution in [1.82, 2.24) is 15.4 Å². The van der Waals surface area contributed by atoms with Crippen LogP contribution in [0.3, 0.4) is 0 Å². The molecular formula is C19H25BN4O2. The fraction of sp³-hybridized carbons (Fsp3) is 0.579. The number of hydrogen-bond acceptors (Lipinski definition) is 5. The SMILES string of the molecule is CN/N=C(\c1c(BO)cnc2[nH]ccc12)C1C2CC3CC1CC(O)(C3)C2. The molecular weight excluding hydrogens is 327 g/mol. The Balaban J connectivity index is 1.65. The van der Waals surface area contributed by atoms with Crippen LogP contribution in [0.2, 0.25) is 0 Å². The fourth-order valence-corrected chi connectivity index (χ4v) is 6.32. The van der Waals surface area contributed by atoms with E-state index in [2.05, 4.69) is 15.4 Å². The minimum Gasteiger partial charge on any atom is -0.449 e. The van der Waals surface area contributed by atoms with E-state index >= 15 is 0 Å². The summed E-state index contributed by atoms with van der Waals surface area (Å²) in [5, 5.41) is 26.6. The maximum Gasteiger partial charge on any atom is 0.307 e. The Morgan fingerprint density at radius 1 is 1.35 bits per heavy atom. The van der Waals surface area contributed by atoms with Crippen LogP contribution in [-0.4, -0.2) is 45.9 Å². The van der Waals surface area contributed by atoms with Crippen molar-refractivity contribution in [2.75, 3.05) is 7.05 Å². The lowest BCUT2D eigenvalue weighted by Gasteiger charge is -2.58. The summed E-state index contributed by atoms with van der Waals surface area (Å²) in [4.78, 5) is 7.61. The van der Waals surface area contributed by atoms with E-state index in [9.17, 15) is 10.1 Å². The molecule has 0 amide bonds. The van der Waals surface area contributed by atoms with Crippen molar-refractivity contribution < 1.29 is 10.1 Å². The first kappa shape index (κ1) is 16.3. The van der Waals surface area contributed by atoms with E-state index in [0.717, 1.165) is 47.0 Å². The average molecular weight is 352 g/mol. The van der Waals surface area contributed by atoms with Crippen LogP contribution in [0.25, 0.3) is 11.0 Å². The lowest BCUT2D eigenvalue weighted by atomic mass is 9.49. The Kier molecular flexibility index (Phi) is 3.66. The summed E-state index contributed by atoms with van der Waals surface area (Å²) >= 11 is 0. The van der Waals surface area contributed by atoms with Gasteiger partial charge in [0.15, 0.2) is 0 Å². The van der Waals surface area contributed by atoms with Gasteiger partial charge in [-0.1, -0.05) is 0 Å². The maximum atomic E-state index is 10.9. The van der Waals surface area contributed by atoms with Crippen LogP contribution in [-0.2, 0) is 0 Å². The Bertz CT molecular complexity index is 864. The number of nitrogens with zero attached hydrogens (tertiary/aromatic N) is 2. The fourth-order valence-electron chi connectivity index (χ4n) is 6.32. The van der Waals surface area contributed by atoms with Crippen molar-refractivity contribution >= 4 is 29.7 Å². The molecule has 4 saturated carbocycles. The van der Waals surface area contributed by atoms with Gasteiger partial charge in [-0.05, 0) is 61.4 Å².